The predicted molar refractivity (Wildman–Crippen MR) is 261 cm³/mol. The standard InChI is InChI=1S/2C23H26ClN7O5.Zn/c2*1-23(2,3)36-22(34)30-9-13(10-30)11-31-12-25-20(29-31)14-6-5-7-15(19(14)35-4)26-16-8-17(24)27-28-18(16)21(32)33;/h2*5-8,12-13H,9-11H2,1-4H3,(H,26,27)(H,32,33);. The SMILES string of the molecule is COc1c(Nc2cc(Cl)nnc2C(=O)O)cccc1-c1ncn(CC2CN(C(=O)OC(C)(C)C)C2)n1.COc1c(Nc2cc(Cl)nnc2C(=O)O)cccc1-c1ncn(CC2CN(C(=O)OC(C)(C)C)C2)n1.[Zn]. The molecule has 6 heterocycles. The van der Waals surface area contributed by atoms with E-state index in [2.05, 4.69) is 51.2 Å². The van der Waals surface area contributed by atoms with E-state index in [9.17, 15) is 29.4 Å². The van der Waals surface area contributed by atoms with E-state index in [-0.39, 0.29) is 76.6 Å². The van der Waals surface area contributed by atoms with Gasteiger partial charge >= 0.3 is 24.1 Å². The van der Waals surface area contributed by atoms with E-state index in [1.165, 1.54) is 26.4 Å². The average molecular weight is 1100 g/mol. The molecule has 4 N–H and O–H groups in total. The Morgan fingerprint density at radius 1 is 0.616 bits per heavy atom. The molecule has 0 atom stereocenters. The third-order valence-corrected chi connectivity index (χ3v) is 10.9. The average Bonchev–Trinajstić information content (AvgIpc) is 3.94. The van der Waals surface area contributed by atoms with Crippen LogP contribution in [0, 0.1) is 11.8 Å². The number of benzene rings is 2. The fourth-order valence-electron chi connectivity index (χ4n) is 7.46. The van der Waals surface area contributed by atoms with Crippen molar-refractivity contribution >= 4 is 70.1 Å². The van der Waals surface area contributed by atoms with Crippen LogP contribution >= 0.6 is 23.2 Å². The number of ether oxygens (including phenoxy) is 4. The molecule has 6 aromatic rings. The summed E-state index contributed by atoms with van der Waals surface area (Å²) in [6.45, 7) is 14.6. The van der Waals surface area contributed by atoms with Gasteiger partial charge in [-0.15, -0.1) is 20.4 Å². The van der Waals surface area contributed by atoms with Gasteiger partial charge in [0.05, 0.1) is 48.1 Å². The van der Waals surface area contributed by atoms with Crippen molar-refractivity contribution in [3.63, 3.8) is 0 Å². The Balaban J connectivity index is 0.000000235. The maximum Gasteiger partial charge on any atom is 0.410 e. The summed E-state index contributed by atoms with van der Waals surface area (Å²) >= 11 is 11.8. The molecule has 0 spiro atoms. The summed E-state index contributed by atoms with van der Waals surface area (Å²) in [5, 5.41) is 48.6. The number of nitrogens with one attached hydrogen (secondary N) is 2. The van der Waals surface area contributed by atoms with Crippen molar-refractivity contribution in [1.82, 2.24) is 59.7 Å². The number of carboxylic acids is 2. The summed E-state index contributed by atoms with van der Waals surface area (Å²) < 4.78 is 25.5. The number of anilines is 4. The van der Waals surface area contributed by atoms with Crippen LogP contribution in [0.5, 0.6) is 11.5 Å². The maximum atomic E-state index is 12.1. The van der Waals surface area contributed by atoms with E-state index >= 15 is 0 Å². The summed E-state index contributed by atoms with van der Waals surface area (Å²) in [6.07, 6.45) is 2.62. The van der Waals surface area contributed by atoms with Crippen molar-refractivity contribution in [1.29, 1.82) is 0 Å². The minimum Gasteiger partial charge on any atom is -0.494 e. The van der Waals surface area contributed by atoms with Crippen LogP contribution in [0.3, 0.4) is 0 Å². The van der Waals surface area contributed by atoms with E-state index < -0.39 is 23.1 Å². The molecule has 0 unspecified atom stereocenters. The van der Waals surface area contributed by atoms with Crippen LogP contribution in [-0.4, -0.2) is 146 Å². The van der Waals surface area contributed by atoms with Gasteiger partial charge in [0.25, 0.3) is 0 Å². The summed E-state index contributed by atoms with van der Waals surface area (Å²) in [4.78, 5) is 59.5. The van der Waals surface area contributed by atoms with Crippen LogP contribution < -0.4 is 20.1 Å². The number of aromatic carboxylic acids is 2. The normalized spacial score (nSPS) is 13.6. The fourth-order valence-corrected chi connectivity index (χ4v) is 7.75. The Morgan fingerprint density at radius 2 is 0.986 bits per heavy atom. The van der Waals surface area contributed by atoms with Gasteiger partial charge in [0.15, 0.2) is 44.8 Å². The van der Waals surface area contributed by atoms with Gasteiger partial charge in [-0.1, -0.05) is 35.3 Å². The third kappa shape index (κ3) is 14.0. The van der Waals surface area contributed by atoms with Crippen LogP contribution in [-0.2, 0) is 42.0 Å². The number of hydrogen-bond donors (Lipinski definition) is 4. The smallest absolute Gasteiger partial charge is 0.410 e. The van der Waals surface area contributed by atoms with Gasteiger partial charge in [0.2, 0.25) is 0 Å². The topological polar surface area (TPSA) is 289 Å². The third-order valence-electron chi connectivity index (χ3n) is 10.6. The second kappa shape index (κ2) is 23.1. The van der Waals surface area contributed by atoms with Gasteiger partial charge in [0.1, 0.15) is 23.9 Å². The van der Waals surface area contributed by atoms with Crippen molar-refractivity contribution in [3.05, 3.63) is 82.9 Å². The minimum absolute atomic E-state index is 0. The molecule has 0 radical (unpaired) electrons. The van der Waals surface area contributed by atoms with Crippen LogP contribution in [0.4, 0.5) is 32.3 Å². The Hall–Kier alpha value is -7.24. The molecular formula is C46H52Cl2N14O10Zn. The second-order valence-corrected chi connectivity index (χ2v) is 19.3. The number of amides is 2. The van der Waals surface area contributed by atoms with E-state index in [4.69, 9.17) is 42.1 Å². The van der Waals surface area contributed by atoms with Crippen LogP contribution in [0.1, 0.15) is 62.5 Å². The number of carbonyl (C=O) groups is 4. The van der Waals surface area contributed by atoms with Gasteiger partial charge in [-0.3, -0.25) is 9.36 Å². The van der Waals surface area contributed by atoms with Crippen molar-refractivity contribution in [3.8, 4) is 34.3 Å². The molecule has 0 aliphatic carbocycles. The molecule has 2 saturated heterocycles. The zero-order valence-corrected chi connectivity index (χ0v) is 45.6. The number of hydrogen-bond acceptors (Lipinski definition) is 18. The van der Waals surface area contributed by atoms with Gasteiger partial charge < -0.3 is 49.6 Å². The van der Waals surface area contributed by atoms with Crippen LogP contribution in [0.15, 0.2) is 61.2 Å². The molecule has 4 aromatic heterocycles. The van der Waals surface area contributed by atoms with Crippen molar-refractivity contribution in [2.45, 2.75) is 65.8 Å². The van der Waals surface area contributed by atoms with Crippen LogP contribution in [0.2, 0.25) is 10.3 Å². The second-order valence-electron chi connectivity index (χ2n) is 18.6. The molecule has 2 fully saturated rings. The number of aromatic nitrogens is 10. The first kappa shape index (κ1) is 55.1. The number of nitrogens with zero attached hydrogens (tertiary/aromatic N) is 12. The van der Waals surface area contributed by atoms with Crippen LogP contribution in [0.25, 0.3) is 22.8 Å². The summed E-state index contributed by atoms with van der Waals surface area (Å²) in [6, 6.07) is 13.3. The van der Waals surface area contributed by atoms with Gasteiger partial charge in [-0.2, -0.15) is 10.2 Å². The number of para-hydroxylation sites is 2. The minimum atomic E-state index is -1.25. The van der Waals surface area contributed by atoms with Gasteiger partial charge in [0, 0.05) is 82.7 Å². The number of likely N-dealkylation sites (tertiary alicyclic amines) is 2. The van der Waals surface area contributed by atoms with Gasteiger partial charge in [-0.05, 0) is 65.8 Å². The summed E-state index contributed by atoms with van der Waals surface area (Å²) in [5.74, 6) is -0.331. The Kier molecular flexibility index (Phi) is 17.4. The number of carboxylic acid groups (broad SMARTS) is 2. The number of halogens is 2. The molecular weight excluding hydrogens is 1040 g/mol. The molecule has 2 aliphatic heterocycles. The Labute approximate surface area is 441 Å². The molecule has 382 valence electrons. The Morgan fingerprint density at radius 3 is 1.32 bits per heavy atom. The molecule has 2 aromatic carbocycles. The maximum absolute atomic E-state index is 12.1. The van der Waals surface area contributed by atoms with Gasteiger partial charge in [-0.25, -0.2) is 29.1 Å². The first-order chi connectivity index (χ1) is 34.1. The molecule has 73 heavy (non-hydrogen) atoms. The fraction of sp³-hybridized carbons (Fsp3) is 0.391. The van der Waals surface area contributed by atoms with E-state index in [1.807, 2.05) is 41.5 Å². The number of rotatable bonds is 14. The first-order valence-corrected chi connectivity index (χ1v) is 23.0. The zero-order chi connectivity index (χ0) is 52.1. The summed E-state index contributed by atoms with van der Waals surface area (Å²) in [7, 11) is 2.99. The zero-order valence-electron chi connectivity index (χ0n) is 41.2. The largest absolute Gasteiger partial charge is 0.494 e. The molecule has 2 aliphatic rings. The van der Waals surface area contributed by atoms with E-state index in [0.29, 0.717) is 84.9 Å². The predicted octanol–water partition coefficient (Wildman–Crippen LogP) is 7.41. The summed E-state index contributed by atoms with van der Waals surface area (Å²) in [5.41, 5.74) is 0.874. The van der Waals surface area contributed by atoms with Crippen molar-refractivity contribution in [2.75, 3.05) is 51.0 Å². The molecule has 27 heteroatoms. The molecule has 0 saturated carbocycles. The van der Waals surface area contributed by atoms with Crippen molar-refractivity contribution < 1.29 is 67.8 Å². The van der Waals surface area contributed by atoms with Crippen molar-refractivity contribution in [2.24, 2.45) is 11.8 Å². The quantitative estimate of drug-likeness (QED) is 0.0772. The molecule has 2 amide bonds. The molecule has 24 nitrogen and oxygen atoms in total. The van der Waals surface area contributed by atoms with E-state index in [1.54, 1.807) is 68.2 Å². The van der Waals surface area contributed by atoms with E-state index in [0.717, 1.165) is 0 Å². The first-order valence-electron chi connectivity index (χ1n) is 22.2. The molecule has 0 bridgehead atoms. The number of carbonyl (C=O) groups excluding carboxylic acids is 2. The monoisotopic (exact) mass is 1090 g/mol. The molecule has 8 rings (SSSR count). The Bertz CT molecular complexity index is 2770. The number of methoxy groups -OCH3 is 2.